The minimum absolute atomic E-state index is 0.00375. The fraction of sp³-hybridized carbons (Fsp3) is 0.143. The largest absolute Gasteiger partial charge is 0.454 e. The minimum Gasteiger partial charge on any atom is -0.454 e. The molecule has 0 aliphatic rings. The number of amides is 1. The topological polar surface area (TPSA) is 142 Å². The van der Waals surface area contributed by atoms with E-state index in [1.54, 1.807) is 6.92 Å². The highest BCUT2D eigenvalue weighted by atomic mass is 32.2. The summed E-state index contributed by atoms with van der Waals surface area (Å²) in [7, 11) is -3.62. The van der Waals surface area contributed by atoms with E-state index in [9.17, 15) is 22.0 Å². The van der Waals surface area contributed by atoms with Gasteiger partial charge in [-0.25, -0.2) is 17.2 Å². The number of nitrogens with zero attached hydrogens (tertiary/aromatic N) is 4. The average molecular weight is 488 g/mol. The SMILES string of the molecule is CCS(=O)(=O)Nc1ccc(Oc2ccc(F)cc2F)c(-c2cc(C(N)=O)c3nnc(C)n3n2)c1. The number of fused-ring (bicyclic) bond motifs is 1. The van der Waals surface area contributed by atoms with Crippen molar-refractivity contribution in [1.29, 1.82) is 0 Å². The van der Waals surface area contributed by atoms with Crippen molar-refractivity contribution in [3.05, 3.63) is 65.5 Å². The molecule has 0 saturated heterocycles. The molecule has 2 aromatic heterocycles. The van der Waals surface area contributed by atoms with Crippen molar-refractivity contribution in [3.8, 4) is 22.8 Å². The molecule has 0 radical (unpaired) electrons. The normalized spacial score (nSPS) is 11.5. The molecule has 4 aromatic rings. The van der Waals surface area contributed by atoms with Gasteiger partial charge in [-0.1, -0.05) is 0 Å². The van der Waals surface area contributed by atoms with E-state index >= 15 is 0 Å². The van der Waals surface area contributed by atoms with E-state index in [0.29, 0.717) is 11.9 Å². The number of aryl methyl sites for hydroxylation is 1. The van der Waals surface area contributed by atoms with Crippen LogP contribution in [0.3, 0.4) is 0 Å². The van der Waals surface area contributed by atoms with Crippen LogP contribution in [-0.2, 0) is 10.0 Å². The zero-order valence-electron chi connectivity index (χ0n) is 17.9. The standard InChI is InChI=1S/C21H18F2N6O4S/c1-3-34(31,32)28-13-5-7-18(33-19-6-4-12(22)8-16(19)23)14(9-13)17-10-15(20(24)30)21-26-25-11(2)29(21)27-17/h4-10,28H,3H2,1-2H3,(H2,24,30). The smallest absolute Gasteiger partial charge is 0.252 e. The van der Waals surface area contributed by atoms with Gasteiger partial charge in [0.05, 0.1) is 17.0 Å². The lowest BCUT2D eigenvalue weighted by Gasteiger charge is -2.15. The summed E-state index contributed by atoms with van der Waals surface area (Å²) in [5, 5.41) is 12.2. The van der Waals surface area contributed by atoms with E-state index in [0.717, 1.165) is 12.1 Å². The molecule has 2 heterocycles. The third kappa shape index (κ3) is 4.50. The van der Waals surface area contributed by atoms with Crippen molar-refractivity contribution < 1.29 is 26.7 Å². The fourth-order valence-electron chi connectivity index (χ4n) is 3.11. The molecule has 34 heavy (non-hydrogen) atoms. The molecule has 176 valence electrons. The number of hydrogen-bond donors (Lipinski definition) is 2. The third-order valence-corrected chi connectivity index (χ3v) is 6.12. The van der Waals surface area contributed by atoms with Crippen LogP contribution in [0.25, 0.3) is 16.9 Å². The average Bonchev–Trinajstić information content (AvgIpc) is 3.16. The summed E-state index contributed by atoms with van der Waals surface area (Å²) < 4.78 is 61.1. The molecule has 0 saturated carbocycles. The Labute approximate surface area is 192 Å². The monoisotopic (exact) mass is 488 g/mol. The Morgan fingerprint density at radius 1 is 1.12 bits per heavy atom. The number of ether oxygens (including phenoxy) is 1. The Bertz CT molecular complexity index is 1540. The minimum atomic E-state index is -3.62. The van der Waals surface area contributed by atoms with Gasteiger partial charge in [0, 0.05) is 17.3 Å². The maximum Gasteiger partial charge on any atom is 0.252 e. The number of anilines is 1. The summed E-state index contributed by atoms with van der Waals surface area (Å²) in [6.45, 7) is 3.08. The van der Waals surface area contributed by atoms with Crippen LogP contribution in [0.1, 0.15) is 23.1 Å². The Balaban J connectivity index is 1.92. The highest BCUT2D eigenvalue weighted by Gasteiger charge is 2.20. The van der Waals surface area contributed by atoms with Crippen molar-refractivity contribution in [2.24, 2.45) is 5.73 Å². The lowest BCUT2D eigenvalue weighted by Crippen LogP contribution is -2.15. The number of halogens is 2. The molecule has 10 nitrogen and oxygen atoms in total. The molecule has 0 fully saturated rings. The third-order valence-electron chi connectivity index (χ3n) is 4.81. The Morgan fingerprint density at radius 3 is 2.53 bits per heavy atom. The van der Waals surface area contributed by atoms with Crippen LogP contribution in [-0.4, -0.2) is 39.9 Å². The molecular formula is C21H18F2N6O4S. The number of sulfonamides is 1. The number of rotatable bonds is 7. The van der Waals surface area contributed by atoms with Gasteiger partial charge in [-0.15, -0.1) is 10.2 Å². The van der Waals surface area contributed by atoms with Gasteiger partial charge in [-0.2, -0.15) is 9.61 Å². The molecule has 1 amide bonds. The van der Waals surface area contributed by atoms with Gasteiger partial charge in [0.25, 0.3) is 5.91 Å². The van der Waals surface area contributed by atoms with Crippen LogP contribution >= 0.6 is 0 Å². The van der Waals surface area contributed by atoms with Gasteiger partial charge >= 0.3 is 0 Å². The van der Waals surface area contributed by atoms with E-state index in [1.807, 2.05) is 0 Å². The van der Waals surface area contributed by atoms with Gasteiger partial charge in [-0.05, 0) is 50.2 Å². The summed E-state index contributed by atoms with van der Waals surface area (Å²) in [5.74, 6) is -2.56. The number of nitrogens with two attached hydrogens (primary N) is 1. The summed E-state index contributed by atoms with van der Waals surface area (Å²) in [6, 6.07) is 8.34. The van der Waals surface area contributed by atoms with Crippen LogP contribution in [0.15, 0.2) is 42.5 Å². The Hall–Kier alpha value is -4.13. The van der Waals surface area contributed by atoms with Crippen molar-refractivity contribution in [1.82, 2.24) is 19.8 Å². The first-order valence-electron chi connectivity index (χ1n) is 9.88. The Kier molecular flexibility index (Phi) is 5.87. The predicted molar refractivity (Wildman–Crippen MR) is 119 cm³/mol. The van der Waals surface area contributed by atoms with Crippen molar-refractivity contribution >= 4 is 27.3 Å². The van der Waals surface area contributed by atoms with Crippen molar-refractivity contribution in [2.45, 2.75) is 13.8 Å². The molecule has 13 heteroatoms. The van der Waals surface area contributed by atoms with Crippen LogP contribution in [0.5, 0.6) is 11.5 Å². The van der Waals surface area contributed by atoms with Crippen molar-refractivity contribution in [2.75, 3.05) is 10.5 Å². The zero-order valence-corrected chi connectivity index (χ0v) is 18.7. The molecule has 0 bridgehead atoms. The number of benzene rings is 2. The highest BCUT2D eigenvalue weighted by molar-refractivity contribution is 7.92. The second-order valence-corrected chi connectivity index (χ2v) is 9.19. The van der Waals surface area contributed by atoms with E-state index < -0.39 is 27.6 Å². The number of carbonyl (C=O) groups is 1. The second-order valence-electron chi connectivity index (χ2n) is 7.18. The molecule has 4 rings (SSSR count). The maximum absolute atomic E-state index is 14.3. The Morgan fingerprint density at radius 2 is 1.85 bits per heavy atom. The molecule has 0 spiro atoms. The van der Waals surface area contributed by atoms with Crippen LogP contribution in [0.4, 0.5) is 14.5 Å². The number of carbonyl (C=O) groups excluding carboxylic acids is 1. The first-order valence-corrected chi connectivity index (χ1v) is 11.5. The predicted octanol–water partition coefficient (Wildman–Crippen LogP) is 3.03. The van der Waals surface area contributed by atoms with Crippen molar-refractivity contribution in [3.63, 3.8) is 0 Å². The maximum atomic E-state index is 14.3. The summed E-state index contributed by atoms with van der Waals surface area (Å²) >= 11 is 0. The van der Waals surface area contributed by atoms with Crippen LogP contribution in [0.2, 0.25) is 0 Å². The molecule has 0 aliphatic carbocycles. The number of nitrogens with one attached hydrogen (secondary N) is 1. The second kappa shape index (κ2) is 8.67. The van der Waals surface area contributed by atoms with E-state index in [1.165, 1.54) is 35.7 Å². The van der Waals surface area contributed by atoms with E-state index in [2.05, 4.69) is 20.0 Å². The van der Waals surface area contributed by atoms with Gasteiger partial charge in [-0.3, -0.25) is 9.52 Å². The van der Waals surface area contributed by atoms with Gasteiger partial charge in [0.1, 0.15) is 11.6 Å². The van der Waals surface area contributed by atoms with Gasteiger partial charge in [0.2, 0.25) is 10.0 Å². The summed E-state index contributed by atoms with van der Waals surface area (Å²) in [5.41, 5.74) is 6.14. The first-order chi connectivity index (χ1) is 16.1. The molecule has 0 aliphatic heterocycles. The molecule has 3 N–H and O–H groups in total. The lowest BCUT2D eigenvalue weighted by molar-refractivity contribution is 0.100. The fourth-order valence-corrected chi connectivity index (χ4v) is 3.74. The summed E-state index contributed by atoms with van der Waals surface area (Å²) in [4.78, 5) is 12.1. The quantitative estimate of drug-likeness (QED) is 0.407. The molecule has 2 aromatic carbocycles. The molecule has 0 atom stereocenters. The van der Waals surface area contributed by atoms with Gasteiger partial charge < -0.3 is 10.5 Å². The zero-order chi connectivity index (χ0) is 24.6. The lowest BCUT2D eigenvalue weighted by atomic mass is 10.1. The summed E-state index contributed by atoms with van der Waals surface area (Å²) in [6.07, 6.45) is 0. The number of aromatic nitrogens is 4. The van der Waals surface area contributed by atoms with Gasteiger partial charge in [0.15, 0.2) is 23.0 Å². The molecular weight excluding hydrogens is 470 g/mol. The van der Waals surface area contributed by atoms with Crippen LogP contribution in [0, 0.1) is 18.6 Å². The molecule has 0 unspecified atom stereocenters. The van der Waals surface area contributed by atoms with E-state index in [-0.39, 0.29) is 45.4 Å². The first kappa shape index (κ1) is 23.0. The number of hydrogen-bond acceptors (Lipinski definition) is 7. The highest BCUT2D eigenvalue weighted by Crippen LogP contribution is 2.36. The van der Waals surface area contributed by atoms with Crippen LogP contribution < -0.4 is 15.2 Å². The van der Waals surface area contributed by atoms with E-state index in [4.69, 9.17) is 10.5 Å². The number of primary amides is 1.